The van der Waals surface area contributed by atoms with E-state index in [0.717, 1.165) is 28.6 Å². The van der Waals surface area contributed by atoms with Crippen molar-refractivity contribution >= 4 is 22.7 Å². The van der Waals surface area contributed by atoms with Gasteiger partial charge in [0.25, 0.3) is 0 Å². The predicted molar refractivity (Wildman–Crippen MR) is 106 cm³/mol. The summed E-state index contributed by atoms with van der Waals surface area (Å²) in [4.78, 5) is 20.7. The number of carbonyl (C=O) groups excluding carboxylic acids is 1. The number of rotatable bonds is 8. The highest BCUT2D eigenvalue weighted by molar-refractivity contribution is 5.90. The Balaban J connectivity index is 1.88. The number of fused-ring (bicyclic) bond motifs is 1. The summed E-state index contributed by atoms with van der Waals surface area (Å²) < 4.78 is 10.3. The lowest BCUT2D eigenvalue weighted by Crippen LogP contribution is -2.11. The summed E-state index contributed by atoms with van der Waals surface area (Å²) in [5, 5.41) is 4.14. The van der Waals surface area contributed by atoms with Crippen LogP contribution in [0.5, 0.6) is 5.75 Å². The van der Waals surface area contributed by atoms with Gasteiger partial charge in [-0.3, -0.25) is 4.79 Å². The monoisotopic (exact) mass is 365 g/mol. The first kappa shape index (κ1) is 18.6. The molecule has 0 saturated heterocycles. The van der Waals surface area contributed by atoms with Gasteiger partial charge in [0, 0.05) is 17.5 Å². The smallest absolute Gasteiger partial charge is 0.307 e. The number of methoxy groups -OCH3 is 1. The molecule has 0 aliphatic carbocycles. The lowest BCUT2D eigenvalue weighted by Gasteiger charge is -2.11. The number of aromatic nitrogens is 2. The zero-order chi connectivity index (χ0) is 19.1. The molecule has 140 valence electrons. The number of esters is 1. The molecule has 0 aliphatic rings. The third-order valence-corrected chi connectivity index (χ3v) is 4.04. The maximum Gasteiger partial charge on any atom is 0.307 e. The molecule has 2 aromatic carbocycles. The Morgan fingerprint density at radius 1 is 1.07 bits per heavy atom. The number of nitrogens with zero attached hydrogens (tertiary/aromatic N) is 2. The summed E-state index contributed by atoms with van der Waals surface area (Å²) in [6, 6.07) is 15.5. The maximum atomic E-state index is 11.4. The summed E-state index contributed by atoms with van der Waals surface area (Å²) in [6.07, 6.45) is 1.24. The van der Waals surface area contributed by atoms with Gasteiger partial charge >= 0.3 is 5.97 Å². The largest absolute Gasteiger partial charge is 0.494 e. The quantitative estimate of drug-likeness (QED) is 0.607. The van der Waals surface area contributed by atoms with E-state index in [1.807, 2.05) is 48.5 Å². The van der Waals surface area contributed by atoms with Gasteiger partial charge in [0.15, 0.2) is 5.82 Å². The molecule has 0 atom stereocenters. The number of anilines is 1. The Morgan fingerprint density at radius 2 is 1.85 bits per heavy atom. The van der Waals surface area contributed by atoms with Gasteiger partial charge in [0.2, 0.25) is 0 Å². The van der Waals surface area contributed by atoms with Crippen LogP contribution in [0, 0.1) is 0 Å². The van der Waals surface area contributed by atoms with Crippen LogP contribution in [0.2, 0.25) is 0 Å². The maximum absolute atomic E-state index is 11.4. The van der Waals surface area contributed by atoms with Crippen molar-refractivity contribution in [3.05, 3.63) is 48.5 Å². The van der Waals surface area contributed by atoms with Crippen molar-refractivity contribution in [3.8, 4) is 17.1 Å². The fraction of sp³-hybridized carbons (Fsp3) is 0.286. The van der Waals surface area contributed by atoms with Crippen molar-refractivity contribution in [2.75, 3.05) is 25.6 Å². The molecule has 0 radical (unpaired) electrons. The lowest BCUT2D eigenvalue weighted by atomic mass is 10.1. The van der Waals surface area contributed by atoms with Crippen molar-refractivity contribution in [3.63, 3.8) is 0 Å². The predicted octanol–water partition coefficient (Wildman–Crippen LogP) is 4.06. The molecule has 6 nitrogen and oxygen atoms in total. The molecular formula is C21H23N3O3. The van der Waals surface area contributed by atoms with E-state index in [1.54, 1.807) is 0 Å². The van der Waals surface area contributed by atoms with Crippen molar-refractivity contribution in [2.45, 2.75) is 19.8 Å². The van der Waals surface area contributed by atoms with Gasteiger partial charge in [0.1, 0.15) is 11.6 Å². The van der Waals surface area contributed by atoms with E-state index >= 15 is 0 Å². The number of benzene rings is 2. The molecule has 0 bridgehead atoms. The molecule has 6 heteroatoms. The topological polar surface area (TPSA) is 73.3 Å². The summed E-state index contributed by atoms with van der Waals surface area (Å²) >= 11 is 0. The minimum absolute atomic E-state index is 0.260. The highest BCUT2D eigenvalue weighted by Crippen LogP contribution is 2.26. The van der Waals surface area contributed by atoms with Gasteiger partial charge in [-0.25, -0.2) is 9.97 Å². The van der Waals surface area contributed by atoms with E-state index < -0.39 is 0 Å². The number of hydrogen-bond donors (Lipinski definition) is 1. The minimum Gasteiger partial charge on any atom is -0.494 e. The van der Waals surface area contributed by atoms with E-state index in [1.165, 1.54) is 7.11 Å². The molecule has 0 saturated carbocycles. The zero-order valence-electron chi connectivity index (χ0n) is 15.6. The Labute approximate surface area is 158 Å². The minimum atomic E-state index is -0.260. The van der Waals surface area contributed by atoms with E-state index in [-0.39, 0.29) is 12.4 Å². The normalized spacial score (nSPS) is 10.6. The Morgan fingerprint density at radius 3 is 2.59 bits per heavy atom. The second kappa shape index (κ2) is 8.98. The van der Waals surface area contributed by atoms with Crippen LogP contribution in [0.1, 0.15) is 19.8 Å². The molecule has 1 N–H and O–H groups in total. The third-order valence-electron chi connectivity index (χ3n) is 4.04. The first-order valence-corrected chi connectivity index (χ1v) is 9.02. The van der Waals surface area contributed by atoms with Crippen LogP contribution in [0.4, 0.5) is 5.82 Å². The second-order valence-corrected chi connectivity index (χ2v) is 6.04. The molecule has 3 rings (SSSR count). The SMILES string of the molecule is CCCOc1ccc(-c2nc(NCCC(=O)OC)c3ccccc3n2)cc1. The van der Waals surface area contributed by atoms with Gasteiger partial charge in [-0.1, -0.05) is 19.1 Å². The first-order chi connectivity index (χ1) is 13.2. The van der Waals surface area contributed by atoms with E-state index in [9.17, 15) is 4.79 Å². The second-order valence-electron chi connectivity index (χ2n) is 6.04. The van der Waals surface area contributed by atoms with Gasteiger partial charge < -0.3 is 14.8 Å². The van der Waals surface area contributed by atoms with Crippen molar-refractivity contribution < 1.29 is 14.3 Å². The van der Waals surface area contributed by atoms with Crippen LogP contribution in [0.15, 0.2) is 48.5 Å². The molecule has 0 amide bonds. The summed E-state index contributed by atoms with van der Waals surface area (Å²) in [7, 11) is 1.38. The fourth-order valence-electron chi connectivity index (χ4n) is 2.65. The molecular weight excluding hydrogens is 342 g/mol. The van der Waals surface area contributed by atoms with E-state index in [2.05, 4.69) is 26.9 Å². The van der Waals surface area contributed by atoms with Gasteiger partial charge in [-0.15, -0.1) is 0 Å². The number of ether oxygens (including phenoxy) is 2. The number of para-hydroxylation sites is 1. The van der Waals surface area contributed by atoms with Crippen LogP contribution in [0.3, 0.4) is 0 Å². The van der Waals surface area contributed by atoms with Crippen molar-refractivity contribution in [1.82, 2.24) is 9.97 Å². The molecule has 3 aromatic rings. The highest BCUT2D eigenvalue weighted by Gasteiger charge is 2.10. The zero-order valence-corrected chi connectivity index (χ0v) is 15.6. The summed E-state index contributed by atoms with van der Waals surface area (Å²) in [5.74, 6) is 1.89. The van der Waals surface area contributed by atoms with Crippen molar-refractivity contribution in [2.24, 2.45) is 0 Å². The number of nitrogens with one attached hydrogen (secondary N) is 1. The lowest BCUT2D eigenvalue weighted by molar-refractivity contribution is -0.140. The number of hydrogen-bond acceptors (Lipinski definition) is 6. The van der Waals surface area contributed by atoms with Crippen LogP contribution in [-0.2, 0) is 9.53 Å². The highest BCUT2D eigenvalue weighted by atomic mass is 16.5. The number of carbonyl (C=O) groups is 1. The van der Waals surface area contributed by atoms with Crippen LogP contribution < -0.4 is 10.1 Å². The van der Waals surface area contributed by atoms with E-state index in [4.69, 9.17) is 4.74 Å². The molecule has 0 aliphatic heterocycles. The molecule has 0 spiro atoms. The molecule has 1 aromatic heterocycles. The Bertz CT molecular complexity index is 910. The molecule has 0 fully saturated rings. The standard InChI is InChI=1S/C21H23N3O3/c1-3-14-27-16-10-8-15(9-11-16)20-23-18-7-5-4-6-17(18)21(24-20)22-13-12-19(25)26-2/h4-11H,3,12-14H2,1-2H3,(H,22,23,24). The molecule has 0 unspecified atom stereocenters. The summed E-state index contributed by atoms with van der Waals surface area (Å²) in [6.45, 7) is 3.21. The van der Waals surface area contributed by atoms with Crippen LogP contribution in [-0.4, -0.2) is 36.2 Å². The molecule has 27 heavy (non-hydrogen) atoms. The van der Waals surface area contributed by atoms with Crippen LogP contribution >= 0.6 is 0 Å². The van der Waals surface area contributed by atoms with E-state index in [0.29, 0.717) is 24.8 Å². The van der Waals surface area contributed by atoms with Crippen LogP contribution in [0.25, 0.3) is 22.3 Å². The Hall–Kier alpha value is -3.15. The summed E-state index contributed by atoms with van der Waals surface area (Å²) in [5.41, 5.74) is 1.75. The Kier molecular flexibility index (Phi) is 6.20. The van der Waals surface area contributed by atoms with Gasteiger partial charge in [0.05, 0.1) is 25.7 Å². The van der Waals surface area contributed by atoms with Crippen molar-refractivity contribution in [1.29, 1.82) is 0 Å². The van der Waals surface area contributed by atoms with Gasteiger partial charge in [-0.2, -0.15) is 0 Å². The first-order valence-electron chi connectivity index (χ1n) is 9.02. The molecule has 1 heterocycles. The fourth-order valence-corrected chi connectivity index (χ4v) is 2.65. The average Bonchev–Trinajstić information content (AvgIpc) is 2.72. The van der Waals surface area contributed by atoms with Gasteiger partial charge in [-0.05, 0) is 42.8 Å². The average molecular weight is 365 g/mol. The third kappa shape index (κ3) is 4.73.